The molecule has 5 nitrogen and oxygen atoms in total. The van der Waals surface area contributed by atoms with Gasteiger partial charge < -0.3 is 15.4 Å². The van der Waals surface area contributed by atoms with E-state index in [9.17, 15) is 9.90 Å². The fourth-order valence-corrected chi connectivity index (χ4v) is 3.63. The summed E-state index contributed by atoms with van der Waals surface area (Å²) < 4.78 is 0. The molecule has 120 valence electrons. The molecule has 0 aliphatic heterocycles. The van der Waals surface area contributed by atoms with Crippen molar-refractivity contribution in [2.24, 2.45) is 0 Å². The van der Waals surface area contributed by atoms with Crippen molar-refractivity contribution >= 4 is 40.0 Å². The van der Waals surface area contributed by atoms with Crippen molar-refractivity contribution in [2.75, 3.05) is 12.3 Å². The van der Waals surface area contributed by atoms with E-state index in [0.717, 1.165) is 15.9 Å². The molecule has 3 aromatic rings. The molecule has 0 radical (unpaired) electrons. The first-order valence-corrected chi connectivity index (χ1v) is 9.02. The first kappa shape index (κ1) is 16.0. The molecule has 2 heterocycles. The van der Waals surface area contributed by atoms with E-state index in [2.05, 4.69) is 15.3 Å². The summed E-state index contributed by atoms with van der Waals surface area (Å²) in [4.78, 5) is 20.4. The van der Waals surface area contributed by atoms with Gasteiger partial charge in [0.15, 0.2) is 5.16 Å². The van der Waals surface area contributed by atoms with Crippen LogP contribution in [0, 0.1) is 0 Å². The smallest absolute Gasteiger partial charge is 0.230 e. The molecule has 0 spiro atoms. The van der Waals surface area contributed by atoms with Gasteiger partial charge in [-0.1, -0.05) is 30.0 Å². The van der Waals surface area contributed by atoms with Gasteiger partial charge in [0.25, 0.3) is 0 Å². The second-order valence-electron chi connectivity index (χ2n) is 5.38. The molecule has 7 heteroatoms. The predicted molar refractivity (Wildman–Crippen MR) is 93.7 cm³/mol. The van der Waals surface area contributed by atoms with Gasteiger partial charge in [-0.15, -0.1) is 11.3 Å². The van der Waals surface area contributed by atoms with Crippen LogP contribution in [0.3, 0.4) is 0 Å². The van der Waals surface area contributed by atoms with E-state index in [0.29, 0.717) is 5.16 Å². The van der Waals surface area contributed by atoms with E-state index in [1.165, 1.54) is 23.1 Å². The van der Waals surface area contributed by atoms with Crippen LogP contribution in [0.2, 0.25) is 0 Å². The van der Waals surface area contributed by atoms with Crippen molar-refractivity contribution in [3.05, 3.63) is 46.7 Å². The van der Waals surface area contributed by atoms with Crippen LogP contribution in [0.15, 0.2) is 46.9 Å². The fraction of sp³-hybridized carbons (Fsp3) is 0.250. The number of para-hydroxylation sites is 2. The van der Waals surface area contributed by atoms with Crippen LogP contribution in [0.25, 0.3) is 11.0 Å². The van der Waals surface area contributed by atoms with Crippen molar-refractivity contribution < 1.29 is 9.90 Å². The summed E-state index contributed by atoms with van der Waals surface area (Å²) in [5, 5.41) is 15.8. The number of carbonyl (C=O) groups excluding carboxylic acids is 1. The number of H-pyrrole nitrogens is 1. The monoisotopic (exact) mass is 347 g/mol. The van der Waals surface area contributed by atoms with Gasteiger partial charge >= 0.3 is 0 Å². The number of carbonyl (C=O) groups is 1. The minimum Gasteiger partial charge on any atom is -0.383 e. The summed E-state index contributed by atoms with van der Waals surface area (Å²) in [7, 11) is 0. The third-order valence-electron chi connectivity index (χ3n) is 3.39. The molecule has 0 saturated heterocycles. The number of benzene rings is 1. The highest BCUT2D eigenvalue weighted by Crippen LogP contribution is 2.24. The lowest BCUT2D eigenvalue weighted by molar-refractivity contribution is -0.119. The first-order valence-electron chi connectivity index (χ1n) is 7.15. The highest BCUT2D eigenvalue weighted by Gasteiger charge is 2.24. The Bertz CT molecular complexity index is 764. The number of fused-ring (bicyclic) bond motifs is 1. The number of aliphatic hydroxyl groups is 1. The van der Waals surface area contributed by atoms with E-state index < -0.39 is 5.60 Å². The molecule has 0 aliphatic rings. The number of rotatable bonds is 6. The molecule has 0 saturated carbocycles. The van der Waals surface area contributed by atoms with Crippen LogP contribution in [-0.4, -0.2) is 33.3 Å². The van der Waals surface area contributed by atoms with E-state index in [1.807, 2.05) is 41.8 Å². The zero-order chi connectivity index (χ0) is 16.3. The maximum atomic E-state index is 12.0. The highest BCUT2D eigenvalue weighted by atomic mass is 32.2. The number of hydrogen-bond donors (Lipinski definition) is 3. The van der Waals surface area contributed by atoms with Gasteiger partial charge in [-0.25, -0.2) is 4.98 Å². The Hall–Kier alpha value is -1.83. The van der Waals surface area contributed by atoms with Crippen LogP contribution in [0.5, 0.6) is 0 Å². The third-order valence-corrected chi connectivity index (χ3v) is 5.39. The second kappa shape index (κ2) is 6.74. The Kier molecular flexibility index (Phi) is 4.70. The van der Waals surface area contributed by atoms with E-state index in [1.54, 1.807) is 6.92 Å². The molecule has 0 bridgehead atoms. The Labute approximate surface area is 142 Å². The summed E-state index contributed by atoms with van der Waals surface area (Å²) in [5.74, 6) is 0.118. The number of thiophene rings is 1. The van der Waals surface area contributed by atoms with Gasteiger partial charge in [0.1, 0.15) is 5.60 Å². The second-order valence-corrected chi connectivity index (χ2v) is 7.29. The van der Waals surface area contributed by atoms with Crippen LogP contribution < -0.4 is 5.32 Å². The van der Waals surface area contributed by atoms with Gasteiger partial charge in [-0.05, 0) is 30.5 Å². The predicted octanol–water partition coefficient (Wildman–Crippen LogP) is 2.74. The van der Waals surface area contributed by atoms with Gasteiger partial charge in [0.2, 0.25) is 5.91 Å². The maximum absolute atomic E-state index is 12.0. The van der Waals surface area contributed by atoms with Crippen molar-refractivity contribution in [1.82, 2.24) is 15.3 Å². The first-order chi connectivity index (χ1) is 11.0. The normalized spacial score (nSPS) is 13.8. The minimum atomic E-state index is -1.05. The van der Waals surface area contributed by atoms with Crippen molar-refractivity contribution in [3.63, 3.8) is 0 Å². The quantitative estimate of drug-likeness (QED) is 0.599. The molecule has 0 fully saturated rings. The summed E-state index contributed by atoms with van der Waals surface area (Å²) in [6.45, 7) is 1.89. The molecule has 2 aromatic heterocycles. The molecule has 1 unspecified atom stereocenters. The minimum absolute atomic E-state index is 0.132. The number of nitrogens with one attached hydrogen (secondary N) is 2. The summed E-state index contributed by atoms with van der Waals surface area (Å²) >= 11 is 2.82. The van der Waals surface area contributed by atoms with Gasteiger partial charge in [0, 0.05) is 4.88 Å². The van der Waals surface area contributed by atoms with E-state index in [4.69, 9.17) is 0 Å². The van der Waals surface area contributed by atoms with Gasteiger partial charge in [-0.3, -0.25) is 4.79 Å². The average molecular weight is 347 g/mol. The molecule has 0 aliphatic carbocycles. The molecular formula is C16H17N3O2S2. The number of aromatic amines is 1. The number of thioether (sulfide) groups is 1. The molecule has 3 rings (SSSR count). The van der Waals surface area contributed by atoms with Crippen molar-refractivity contribution in [2.45, 2.75) is 17.7 Å². The third kappa shape index (κ3) is 3.93. The topological polar surface area (TPSA) is 78.0 Å². The van der Waals surface area contributed by atoms with Gasteiger partial charge in [0.05, 0.1) is 23.3 Å². The lowest BCUT2D eigenvalue weighted by atomic mass is 10.1. The Morgan fingerprint density at radius 2 is 2.22 bits per heavy atom. The SMILES string of the molecule is CC(O)(CNC(=O)CSc1nc2ccccc2[nH]1)c1cccs1. The molecule has 3 N–H and O–H groups in total. The van der Waals surface area contributed by atoms with E-state index in [-0.39, 0.29) is 18.2 Å². The number of nitrogens with zero attached hydrogens (tertiary/aromatic N) is 1. The van der Waals surface area contributed by atoms with Crippen LogP contribution in [0.4, 0.5) is 0 Å². The molecule has 23 heavy (non-hydrogen) atoms. The Balaban J connectivity index is 1.51. The lowest BCUT2D eigenvalue weighted by Gasteiger charge is -2.22. The standard InChI is InChI=1S/C16H17N3O2S2/c1-16(21,13-7-4-8-22-13)10-17-14(20)9-23-15-18-11-5-2-3-6-12(11)19-15/h2-8,21H,9-10H2,1H3,(H,17,20)(H,18,19). The number of amides is 1. The molecular weight excluding hydrogens is 330 g/mol. The van der Waals surface area contributed by atoms with Crippen molar-refractivity contribution in [3.8, 4) is 0 Å². The number of hydrogen-bond acceptors (Lipinski definition) is 5. The van der Waals surface area contributed by atoms with Crippen LogP contribution in [0.1, 0.15) is 11.8 Å². The van der Waals surface area contributed by atoms with Crippen molar-refractivity contribution in [1.29, 1.82) is 0 Å². The fourth-order valence-electron chi connectivity index (χ4n) is 2.13. The lowest BCUT2D eigenvalue weighted by Crippen LogP contribution is -2.38. The summed E-state index contributed by atoms with van der Waals surface area (Å²) in [6, 6.07) is 11.5. The molecule has 1 aromatic carbocycles. The summed E-state index contributed by atoms with van der Waals surface area (Å²) in [6.07, 6.45) is 0. The average Bonchev–Trinajstić information content (AvgIpc) is 3.20. The summed E-state index contributed by atoms with van der Waals surface area (Å²) in [5.41, 5.74) is 0.792. The zero-order valence-electron chi connectivity index (χ0n) is 12.6. The van der Waals surface area contributed by atoms with Crippen LogP contribution >= 0.6 is 23.1 Å². The zero-order valence-corrected chi connectivity index (χ0v) is 14.2. The Morgan fingerprint density at radius 1 is 1.39 bits per heavy atom. The van der Waals surface area contributed by atoms with Crippen LogP contribution in [-0.2, 0) is 10.4 Å². The Morgan fingerprint density at radius 3 is 2.96 bits per heavy atom. The highest BCUT2D eigenvalue weighted by molar-refractivity contribution is 7.99. The number of imidazole rings is 1. The largest absolute Gasteiger partial charge is 0.383 e. The maximum Gasteiger partial charge on any atom is 0.230 e. The number of aromatic nitrogens is 2. The molecule has 1 amide bonds. The molecule has 1 atom stereocenters. The van der Waals surface area contributed by atoms with Gasteiger partial charge in [-0.2, -0.15) is 0 Å². The van der Waals surface area contributed by atoms with E-state index >= 15 is 0 Å².